The average Bonchev–Trinajstić information content (AvgIpc) is 3.00. The van der Waals surface area contributed by atoms with Crippen molar-refractivity contribution >= 4 is 12.2 Å². The number of ether oxygens (including phenoxy) is 2. The van der Waals surface area contributed by atoms with Crippen molar-refractivity contribution in [1.29, 1.82) is 0 Å². The minimum atomic E-state index is -4.60. The third-order valence-corrected chi connectivity index (χ3v) is 4.13. The van der Waals surface area contributed by atoms with Crippen molar-refractivity contribution in [3.63, 3.8) is 0 Å². The van der Waals surface area contributed by atoms with Crippen LogP contribution in [0.25, 0.3) is 11.8 Å². The summed E-state index contributed by atoms with van der Waals surface area (Å²) in [4.78, 5) is 13.4. The Morgan fingerprint density at radius 2 is 1.83 bits per heavy atom. The molecule has 29 heavy (non-hydrogen) atoms. The van der Waals surface area contributed by atoms with Crippen molar-refractivity contribution in [2.75, 3.05) is 13.1 Å². The second kappa shape index (κ2) is 7.46. The Morgan fingerprint density at radius 1 is 1.21 bits per heavy atom. The van der Waals surface area contributed by atoms with Crippen molar-refractivity contribution in [2.45, 2.75) is 38.7 Å². The summed E-state index contributed by atoms with van der Waals surface area (Å²) in [6.07, 6.45) is -3.91. The smallest absolute Gasteiger partial charge is 0.435 e. The number of nitrogens with zero attached hydrogens (tertiary/aromatic N) is 3. The van der Waals surface area contributed by atoms with Gasteiger partial charge in [0, 0.05) is 6.07 Å². The van der Waals surface area contributed by atoms with Gasteiger partial charge in [-0.2, -0.15) is 18.3 Å². The molecule has 1 fully saturated rings. The van der Waals surface area contributed by atoms with Gasteiger partial charge < -0.3 is 14.4 Å². The summed E-state index contributed by atoms with van der Waals surface area (Å²) < 4.78 is 51.6. The SMILES string of the molecule is C=Cc1ccc(-n2nc(C(F)(F)F)cc2OC2CN(C(=O)OC(C)(C)C)C2)cc1. The molecule has 0 radical (unpaired) electrons. The minimum Gasteiger partial charge on any atom is -0.470 e. The predicted octanol–water partition coefficient (Wildman–Crippen LogP) is 4.53. The zero-order valence-corrected chi connectivity index (χ0v) is 16.4. The zero-order chi connectivity index (χ0) is 21.4. The molecule has 0 unspecified atom stereocenters. The maximum atomic E-state index is 13.2. The fourth-order valence-electron chi connectivity index (χ4n) is 2.68. The number of hydrogen-bond donors (Lipinski definition) is 0. The summed E-state index contributed by atoms with van der Waals surface area (Å²) in [5, 5.41) is 3.66. The number of rotatable bonds is 4. The molecule has 0 atom stereocenters. The molecule has 0 N–H and O–H groups in total. The van der Waals surface area contributed by atoms with Crippen LogP contribution < -0.4 is 4.74 Å². The second-order valence-electron chi connectivity index (χ2n) is 7.70. The monoisotopic (exact) mass is 409 g/mol. The topological polar surface area (TPSA) is 56.6 Å². The maximum absolute atomic E-state index is 13.2. The third kappa shape index (κ3) is 4.90. The quantitative estimate of drug-likeness (QED) is 0.745. The summed E-state index contributed by atoms with van der Waals surface area (Å²) in [7, 11) is 0. The van der Waals surface area contributed by atoms with E-state index in [1.165, 1.54) is 4.90 Å². The van der Waals surface area contributed by atoms with Crippen LogP contribution in [0.3, 0.4) is 0 Å². The van der Waals surface area contributed by atoms with Crippen molar-refractivity contribution < 1.29 is 27.4 Å². The number of carbonyl (C=O) groups excluding carboxylic acids is 1. The van der Waals surface area contributed by atoms with Gasteiger partial charge in [-0.05, 0) is 38.5 Å². The zero-order valence-electron chi connectivity index (χ0n) is 16.4. The maximum Gasteiger partial charge on any atom is 0.435 e. The van der Waals surface area contributed by atoms with Crippen LogP contribution in [0.1, 0.15) is 32.0 Å². The summed E-state index contributed by atoms with van der Waals surface area (Å²) in [5.41, 5.74) is -0.430. The first kappa shape index (κ1) is 20.8. The third-order valence-electron chi connectivity index (χ3n) is 4.13. The lowest BCUT2D eigenvalue weighted by Gasteiger charge is -2.39. The van der Waals surface area contributed by atoms with E-state index in [0.29, 0.717) is 5.69 Å². The standard InChI is InChI=1S/C20H22F3N3O3/c1-5-13-6-8-14(9-7-13)26-17(10-16(24-26)20(21,22)23)28-15-11-25(12-15)18(27)29-19(2,3)4/h5-10,15H,1,11-12H2,2-4H3. The van der Waals surface area contributed by atoms with Crippen LogP contribution in [0.2, 0.25) is 0 Å². The molecule has 1 aromatic heterocycles. The number of halogens is 3. The summed E-state index contributed by atoms with van der Waals surface area (Å²) in [5.74, 6) is -0.0440. The van der Waals surface area contributed by atoms with E-state index >= 15 is 0 Å². The summed E-state index contributed by atoms with van der Waals surface area (Å²) in [6.45, 7) is 9.36. The molecule has 1 saturated heterocycles. The highest BCUT2D eigenvalue weighted by Gasteiger charge is 2.38. The van der Waals surface area contributed by atoms with E-state index in [2.05, 4.69) is 11.7 Å². The molecule has 0 saturated carbocycles. The lowest BCUT2D eigenvalue weighted by atomic mass is 10.1. The van der Waals surface area contributed by atoms with Gasteiger partial charge in [0.2, 0.25) is 5.88 Å². The first-order chi connectivity index (χ1) is 13.5. The molecule has 2 aromatic rings. The van der Waals surface area contributed by atoms with Gasteiger partial charge in [0.25, 0.3) is 0 Å². The summed E-state index contributed by atoms with van der Waals surface area (Å²) in [6, 6.07) is 7.55. The van der Waals surface area contributed by atoms with Crippen LogP contribution in [-0.2, 0) is 10.9 Å². The Hall–Kier alpha value is -2.97. The molecule has 0 aliphatic carbocycles. The Balaban J connectivity index is 1.76. The normalized spacial score (nSPS) is 15.0. The van der Waals surface area contributed by atoms with Gasteiger partial charge >= 0.3 is 12.3 Å². The molecule has 6 nitrogen and oxygen atoms in total. The van der Waals surface area contributed by atoms with E-state index in [9.17, 15) is 18.0 Å². The van der Waals surface area contributed by atoms with Gasteiger partial charge in [0.05, 0.1) is 18.8 Å². The molecule has 0 spiro atoms. The largest absolute Gasteiger partial charge is 0.470 e. The number of amides is 1. The van der Waals surface area contributed by atoms with Crippen molar-refractivity contribution in [1.82, 2.24) is 14.7 Å². The molecule has 1 aliphatic heterocycles. The summed E-state index contributed by atoms with van der Waals surface area (Å²) >= 11 is 0. The molecular weight excluding hydrogens is 387 g/mol. The number of aromatic nitrogens is 2. The molecule has 1 aromatic carbocycles. The Kier molecular flexibility index (Phi) is 5.34. The molecule has 1 amide bonds. The first-order valence-electron chi connectivity index (χ1n) is 9.01. The van der Waals surface area contributed by atoms with Crippen molar-refractivity contribution in [2.24, 2.45) is 0 Å². The average molecular weight is 409 g/mol. The van der Waals surface area contributed by atoms with Gasteiger partial charge in [0.15, 0.2) is 5.69 Å². The highest BCUT2D eigenvalue weighted by Crippen LogP contribution is 2.33. The van der Waals surface area contributed by atoms with Crippen molar-refractivity contribution in [3.8, 4) is 11.6 Å². The fourth-order valence-corrected chi connectivity index (χ4v) is 2.68. The highest BCUT2D eigenvalue weighted by atomic mass is 19.4. The van der Waals surface area contributed by atoms with Gasteiger partial charge in [0.1, 0.15) is 11.7 Å². The van der Waals surface area contributed by atoms with Gasteiger partial charge in [-0.3, -0.25) is 0 Å². The molecule has 2 heterocycles. The molecule has 1 aliphatic rings. The van der Waals surface area contributed by atoms with Crippen LogP contribution in [0, 0.1) is 0 Å². The van der Waals surface area contributed by atoms with Gasteiger partial charge in [-0.15, -0.1) is 0 Å². The van der Waals surface area contributed by atoms with Crippen LogP contribution in [-0.4, -0.2) is 45.6 Å². The number of likely N-dealkylation sites (tertiary alicyclic amines) is 1. The predicted molar refractivity (Wildman–Crippen MR) is 101 cm³/mol. The van der Waals surface area contributed by atoms with E-state index in [0.717, 1.165) is 16.3 Å². The fraction of sp³-hybridized carbons (Fsp3) is 0.400. The lowest BCUT2D eigenvalue weighted by molar-refractivity contribution is -0.141. The number of benzene rings is 1. The van der Waals surface area contributed by atoms with E-state index in [-0.39, 0.29) is 19.0 Å². The van der Waals surface area contributed by atoms with Crippen LogP contribution in [0.5, 0.6) is 5.88 Å². The highest BCUT2D eigenvalue weighted by molar-refractivity contribution is 5.69. The van der Waals surface area contributed by atoms with E-state index in [1.54, 1.807) is 51.1 Å². The lowest BCUT2D eigenvalue weighted by Crippen LogP contribution is -2.57. The Labute approximate surface area is 166 Å². The molecule has 9 heteroatoms. The minimum absolute atomic E-state index is 0.0440. The second-order valence-corrected chi connectivity index (χ2v) is 7.70. The molecule has 3 rings (SSSR count). The Bertz CT molecular complexity index is 892. The van der Waals surface area contributed by atoms with E-state index < -0.39 is 29.7 Å². The van der Waals surface area contributed by atoms with Crippen LogP contribution in [0.4, 0.5) is 18.0 Å². The van der Waals surface area contributed by atoms with Crippen LogP contribution >= 0.6 is 0 Å². The van der Waals surface area contributed by atoms with E-state index in [4.69, 9.17) is 9.47 Å². The number of alkyl halides is 3. The van der Waals surface area contributed by atoms with Gasteiger partial charge in [-0.1, -0.05) is 24.8 Å². The van der Waals surface area contributed by atoms with Crippen molar-refractivity contribution in [3.05, 3.63) is 48.2 Å². The Morgan fingerprint density at radius 3 is 2.34 bits per heavy atom. The molecular formula is C20H22F3N3O3. The van der Waals surface area contributed by atoms with Gasteiger partial charge in [-0.25, -0.2) is 9.48 Å². The van der Waals surface area contributed by atoms with Crippen LogP contribution in [0.15, 0.2) is 36.9 Å². The number of carbonyl (C=O) groups is 1. The first-order valence-corrected chi connectivity index (χ1v) is 9.01. The van der Waals surface area contributed by atoms with E-state index in [1.807, 2.05) is 0 Å². The molecule has 0 bridgehead atoms. The molecule has 156 valence electrons. The number of hydrogen-bond acceptors (Lipinski definition) is 4.